The van der Waals surface area contributed by atoms with Gasteiger partial charge in [0, 0.05) is 19.3 Å². The molecule has 0 atom stereocenters. The van der Waals surface area contributed by atoms with Gasteiger partial charge in [-0.25, -0.2) is 4.39 Å². The lowest BCUT2D eigenvalue weighted by atomic mass is 10.0. The van der Waals surface area contributed by atoms with Gasteiger partial charge in [0.2, 0.25) is 0 Å². The van der Waals surface area contributed by atoms with E-state index in [2.05, 4.69) is 4.90 Å². The van der Waals surface area contributed by atoms with E-state index in [0.29, 0.717) is 0 Å². The van der Waals surface area contributed by atoms with Crippen LogP contribution in [0.2, 0.25) is 0 Å². The third kappa shape index (κ3) is 4.24. The van der Waals surface area contributed by atoms with Gasteiger partial charge in [-0.05, 0) is 30.5 Å². The second-order valence-electron chi connectivity index (χ2n) is 3.63. The Morgan fingerprint density at radius 3 is 2.56 bits per heavy atom. The van der Waals surface area contributed by atoms with Gasteiger partial charge >= 0.3 is 0 Å². The van der Waals surface area contributed by atoms with Crippen molar-refractivity contribution in [2.24, 2.45) is 0 Å². The summed E-state index contributed by atoms with van der Waals surface area (Å²) in [6.07, 6.45) is 2.12. The molecule has 18 heavy (non-hydrogen) atoms. The number of halogens is 1. The van der Waals surface area contributed by atoms with Crippen LogP contribution in [0.5, 0.6) is 0 Å². The zero-order valence-corrected chi connectivity index (χ0v) is 11.1. The summed E-state index contributed by atoms with van der Waals surface area (Å²) in [4.78, 5) is 10.4. The van der Waals surface area contributed by atoms with Crippen LogP contribution in [-0.4, -0.2) is 25.2 Å². The lowest BCUT2D eigenvalue weighted by Crippen LogP contribution is -2.24. The average Bonchev–Trinajstić information content (AvgIpc) is 2.36. The first-order chi connectivity index (χ1) is 8.60. The molecule has 0 aliphatic carbocycles. The molecule has 1 aliphatic rings. The summed E-state index contributed by atoms with van der Waals surface area (Å²) >= 11 is 0. The summed E-state index contributed by atoms with van der Waals surface area (Å²) in [5.74, 6) is -0.312. The standard InChI is InChI=1S/C10H13FN2.C2H6.CH2O2/c1-13-4-2-3-7-5-9(12)8(11)6-10(7)13;1-2;2-1-3/h5-6H,2-4,12H2,1H3;1-2H3;1H,(H,2,3). The second kappa shape index (κ2) is 8.33. The topological polar surface area (TPSA) is 66.6 Å². The minimum Gasteiger partial charge on any atom is -0.483 e. The predicted octanol–water partition coefficient (Wildman–Crippen LogP) is 2.52. The number of carboxylic acid groups (broad SMARTS) is 1. The van der Waals surface area contributed by atoms with Gasteiger partial charge in [0.1, 0.15) is 5.82 Å². The van der Waals surface area contributed by atoms with E-state index in [1.54, 1.807) is 6.07 Å². The molecule has 1 heterocycles. The van der Waals surface area contributed by atoms with Gasteiger partial charge in [-0.15, -0.1) is 0 Å². The fourth-order valence-electron chi connectivity index (χ4n) is 1.81. The molecule has 0 bridgehead atoms. The Labute approximate surface area is 107 Å². The van der Waals surface area contributed by atoms with Crippen molar-refractivity contribution in [2.75, 3.05) is 24.2 Å². The van der Waals surface area contributed by atoms with Crippen LogP contribution < -0.4 is 10.6 Å². The maximum atomic E-state index is 13.1. The molecule has 0 saturated carbocycles. The van der Waals surface area contributed by atoms with Crippen molar-refractivity contribution in [1.82, 2.24) is 0 Å². The average molecular weight is 256 g/mol. The molecule has 102 valence electrons. The molecule has 1 aromatic rings. The van der Waals surface area contributed by atoms with Gasteiger partial charge in [-0.2, -0.15) is 0 Å². The van der Waals surface area contributed by atoms with Crippen LogP contribution >= 0.6 is 0 Å². The van der Waals surface area contributed by atoms with Crippen LogP contribution in [0.4, 0.5) is 15.8 Å². The van der Waals surface area contributed by atoms with Crippen molar-refractivity contribution in [3.05, 3.63) is 23.5 Å². The number of aryl methyl sites for hydroxylation is 1. The highest BCUT2D eigenvalue weighted by atomic mass is 19.1. The van der Waals surface area contributed by atoms with Crippen molar-refractivity contribution in [1.29, 1.82) is 0 Å². The molecule has 0 spiro atoms. The lowest BCUT2D eigenvalue weighted by Gasteiger charge is -2.27. The van der Waals surface area contributed by atoms with E-state index in [4.69, 9.17) is 15.6 Å². The summed E-state index contributed by atoms with van der Waals surface area (Å²) in [6.45, 7) is 4.75. The number of carbonyl (C=O) groups is 1. The first-order valence-electron chi connectivity index (χ1n) is 5.97. The van der Waals surface area contributed by atoms with Crippen LogP contribution in [0.15, 0.2) is 12.1 Å². The van der Waals surface area contributed by atoms with Crippen molar-refractivity contribution >= 4 is 17.8 Å². The van der Waals surface area contributed by atoms with Crippen LogP contribution in [0.3, 0.4) is 0 Å². The summed E-state index contributed by atoms with van der Waals surface area (Å²) in [5, 5.41) is 6.89. The smallest absolute Gasteiger partial charge is 0.290 e. The number of rotatable bonds is 0. The molecule has 1 aliphatic heterocycles. The molecule has 0 aromatic heterocycles. The number of nitrogens with two attached hydrogens (primary N) is 1. The Morgan fingerprint density at radius 2 is 2.00 bits per heavy atom. The summed E-state index contributed by atoms with van der Waals surface area (Å²) in [7, 11) is 1.98. The number of anilines is 2. The van der Waals surface area contributed by atoms with Gasteiger partial charge in [-0.1, -0.05) is 13.8 Å². The van der Waals surface area contributed by atoms with Crippen LogP contribution in [-0.2, 0) is 11.2 Å². The van der Waals surface area contributed by atoms with Crippen molar-refractivity contribution in [3.8, 4) is 0 Å². The van der Waals surface area contributed by atoms with Crippen molar-refractivity contribution in [3.63, 3.8) is 0 Å². The maximum absolute atomic E-state index is 13.1. The van der Waals surface area contributed by atoms with Gasteiger partial charge < -0.3 is 15.7 Å². The Balaban J connectivity index is 0.000000509. The van der Waals surface area contributed by atoms with Gasteiger partial charge in [0.25, 0.3) is 6.47 Å². The first-order valence-corrected chi connectivity index (χ1v) is 5.97. The van der Waals surface area contributed by atoms with E-state index in [1.165, 1.54) is 6.07 Å². The third-order valence-electron chi connectivity index (χ3n) is 2.55. The van der Waals surface area contributed by atoms with Gasteiger partial charge in [0.15, 0.2) is 0 Å². The van der Waals surface area contributed by atoms with Crippen molar-refractivity contribution in [2.45, 2.75) is 26.7 Å². The van der Waals surface area contributed by atoms with Crippen LogP contribution in [0.1, 0.15) is 25.8 Å². The second-order valence-corrected chi connectivity index (χ2v) is 3.63. The number of hydrogen-bond acceptors (Lipinski definition) is 3. The molecule has 0 saturated heterocycles. The van der Waals surface area contributed by atoms with E-state index < -0.39 is 0 Å². The number of fused-ring (bicyclic) bond motifs is 1. The molecule has 0 unspecified atom stereocenters. The van der Waals surface area contributed by atoms with Crippen LogP contribution in [0.25, 0.3) is 0 Å². The van der Waals surface area contributed by atoms with E-state index in [1.807, 2.05) is 20.9 Å². The monoisotopic (exact) mass is 256 g/mol. The zero-order chi connectivity index (χ0) is 14.1. The Bertz CT molecular complexity index is 383. The number of nitrogen functional groups attached to an aromatic ring is 1. The number of nitrogens with zero attached hydrogens (tertiary/aromatic N) is 1. The number of hydrogen-bond donors (Lipinski definition) is 2. The predicted molar refractivity (Wildman–Crippen MR) is 72.4 cm³/mol. The highest BCUT2D eigenvalue weighted by Crippen LogP contribution is 2.29. The van der Waals surface area contributed by atoms with E-state index in [-0.39, 0.29) is 18.0 Å². The van der Waals surface area contributed by atoms with E-state index in [0.717, 1.165) is 30.6 Å². The Morgan fingerprint density at radius 1 is 1.44 bits per heavy atom. The Kier molecular flexibility index (Phi) is 7.51. The molecule has 1 aromatic carbocycles. The maximum Gasteiger partial charge on any atom is 0.290 e. The minimum atomic E-state index is -0.312. The van der Waals surface area contributed by atoms with E-state index >= 15 is 0 Å². The third-order valence-corrected chi connectivity index (χ3v) is 2.55. The zero-order valence-electron chi connectivity index (χ0n) is 11.1. The molecule has 2 rings (SSSR count). The molecule has 5 heteroatoms. The first kappa shape index (κ1) is 16.2. The molecule has 0 radical (unpaired) electrons. The summed E-state index contributed by atoms with van der Waals surface area (Å²) < 4.78 is 13.1. The molecule has 0 fully saturated rings. The minimum absolute atomic E-state index is 0.250. The van der Waals surface area contributed by atoms with Gasteiger partial charge in [0.05, 0.1) is 5.69 Å². The SMILES string of the molecule is CC.CN1CCCc2cc(N)c(F)cc21.O=CO. The molecular formula is C13H21FN2O2. The van der Waals surface area contributed by atoms with Gasteiger partial charge in [-0.3, -0.25) is 4.79 Å². The molecular weight excluding hydrogens is 235 g/mol. The summed E-state index contributed by atoms with van der Waals surface area (Å²) in [5.41, 5.74) is 7.90. The molecule has 0 amide bonds. The van der Waals surface area contributed by atoms with Crippen molar-refractivity contribution < 1.29 is 14.3 Å². The fraction of sp³-hybridized carbons (Fsp3) is 0.462. The normalized spacial score (nSPS) is 12.3. The summed E-state index contributed by atoms with van der Waals surface area (Å²) in [6, 6.07) is 3.28. The molecule has 4 nitrogen and oxygen atoms in total. The Hall–Kier alpha value is -1.78. The lowest BCUT2D eigenvalue weighted by molar-refractivity contribution is -0.122. The highest BCUT2D eigenvalue weighted by molar-refractivity contribution is 5.61. The largest absolute Gasteiger partial charge is 0.483 e. The highest BCUT2D eigenvalue weighted by Gasteiger charge is 2.15. The van der Waals surface area contributed by atoms with E-state index in [9.17, 15) is 4.39 Å². The fourth-order valence-corrected chi connectivity index (χ4v) is 1.81. The van der Waals surface area contributed by atoms with Crippen LogP contribution in [0, 0.1) is 5.82 Å². The molecule has 3 N–H and O–H groups in total. The number of benzene rings is 1. The quantitative estimate of drug-likeness (QED) is 0.553.